The van der Waals surface area contributed by atoms with Crippen LogP contribution in [0.1, 0.15) is 18.3 Å². The molecule has 0 bridgehead atoms. The van der Waals surface area contributed by atoms with E-state index in [4.69, 9.17) is 5.73 Å². The van der Waals surface area contributed by atoms with Gasteiger partial charge in [-0.25, -0.2) is 0 Å². The van der Waals surface area contributed by atoms with Gasteiger partial charge in [-0.2, -0.15) is 4.80 Å². The van der Waals surface area contributed by atoms with Crippen molar-refractivity contribution in [2.75, 3.05) is 6.54 Å². The molecule has 0 aliphatic heterocycles. The number of aromatic nitrogens is 4. The van der Waals surface area contributed by atoms with Crippen molar-refractivity contribution >= 4 is 0 Å². The molecular weight excluding hydrogens is 242 g/mol. The molecule has 0 spiro atoms. The molecule has 2 aromatic rings. The van der Waals surface area contributed by atoms with E-state index in [1.165, 1.54) is 4.80 Å². The lowest BCUT2D eigenvalue weighted by molar-refractivity contribution is 0.0987. The first-order valence-corrected chi connectivity index (χ1v) is 6.25. The number of aryl methyl sites for hydroxylation is 1. The Labute approximate surface area is 112 Å². The lowest BCUT2D eigenvalue weighted by Gasteiger charge is -2.35. The van der Waals surface area contributed by atoms with Crippen LogP contribution in [0.5, 0.6) is 0 Å². The number of tetrazole rings is 1. The van der Waals surface area contributed by atoms with E-state index in [1.807, 2.05) is 30.3 Å². The second kappa shape index (κ2) is 5.46. The number of hydrogen-bond donors (Lipinski definition) is 2. The Kier molecular flexibility index (Phi) is 3.92. The van der Waals surface area contributed by atoms with Crippen molar-refractivity contribution < 1.29 is 5.11 Å². The normalized spacial score (nSPS) is 16.0. The van der Waals surface area contributed by atoms with Crippen molar-refractivity contribution in [2.45, 2.75) is 24.9 Å². The topological polar surface area (TPSA) is 89.9 Å². The van der Waals surface area contributed by atoms with E-state index in [2.05, 4.69) is 15.4 Å². The van der Waals surface area contributed by atoms with Gasteiger partial charge >= 0.3 is 0 Å². The monoisotopic (exact) mass is 261 g/mol. The molecule has 1 aromatic heterocycles. The molecule has 0 fully saturated rings. The molecule has 0 saturated heterocycles. The van der Waals surface area contributed by atoms with Crippen LogP contribution in [0.15, 0.2) is 30.3 Å². The molecule has 0 aliphatic rings. The van der Waals surface area contributed by atoms with Crippen LogP contribution >= 0.6 is 0 Å². The van der Waals surface area contributed by atoms with Crippen molar-refractivity contribution in [1.82, 2.24) is 20.2 Å². The zero-order valence-electron chi connectivity index (χ0n) is 11.2. The third-order valence-electron chi connectivity index (χ3n) is 3.54. The molecule has 2 atom stereocenters. The third kappa shape index (κ3) is 2.64. The molecule has 0 radical (unpaired) electrons. The van der Waals surface area contributed by atoms with Gasteiger partial charge in [0.1, 0.15) is 0 Å². The fourth-order valence-electron chi connectivity index (χ4n) is 2.30. The minimum absolute atomic E-state index is 0.312. The highest BCUT2D eigenvalue weighted by Gasteiger charge is 2.37. The summed E-state index contributed by atoms with van der Waals surface area (Å²) >= 11 is 0. The Morgan fingerprint density at radius 2 is 2.05 bits per heavy atom. The van der Waals surface area contributed by atoms with Gasteiger partial charge in [-0.05, 0) is 17.7 Å². The Morgan fingerprint density at radius 3 is 2.53 bits per heavy atom. The summed E-state index contributed by atoms with van der Waals surface area (Å²) in [6.45, 7) is 2.06. The summed E-state index contributed by atoms with van der Waals surface area (Å²) in [6, 6.07) is 9.75. The van der Waals surface area contributed by atoms with E-state index in [9.17, 15) is 5.11 Å². The summed E-state index contributed by atoms with van der Waals surface area (Å²) in [5, 5.41) is 22.2. The SMILES string of the molecule is CC(O)C(CN)(Cc1nnn(C)n1)c1ccccc1. The number of hydrogen-bond acceptors (Lipinski definition) is 5. The Balaban J connectivity index is 2.40. The smallest absolute Gasteiger partial charge is 0.175 e. The van der Waals surface area contributed by atoms with E-state index in [-0.39, 0.29) is 0 Å². The van der Waals surface area contributed by atoms with Crippen LogP contribution in [0.4, 0.5) is 0 Å². The van der Waals surface area contributed by atoms with Crippen LogP contribution in [-0.4, -0.2) is 38.0 Å². The zero-order chi connectivity index (χ0) is 13.9. The molecule has 2 unspecified atom stereocenters. The van der Waals surface area contributed by atoms with Gasteiger partial charge in [0, 0.05) is 18.4 Å². The Morgan fingerprint density at radius 1 is 1.37 bits per heavy atom. The first-order valence-electron chi connectivity index (χ1n) is 6.25. The van der Waals surface area contributed by atoms with Gasteiger partial charge in [-0.15, -0.1) is 10.2 Å². The Hall–Kier alpha value is -1.79. The molecule has 3 N–H and O–H groups in total. The lowest BCUT2D eigenvalue weighted by atomic mass is 9.73. The predicted molar refractivity (Wildman–Crippen MR) is 71.4 cm³/mol. The van der Waals surface area contributed by atoms with Gasteiger partial charge in [0.2, 0.25) is 0 Å². The highest BCUT2D eigenvalue weighted by Crippen LogP contribution is 2.30. The molecule has 2 rings (SSSR count). The van der Waals surface area contributed by atoms with Gasteiger partial charge < -0.3 is 10.8 Å². The summed E-state index contributed by atoms with van der Waals surface area (Å²) in [5.74, 6) is 0.581. The van der Waals surface area contributed by atoms with E-state index in [1.54, 1.807) is 14.0 Å². The van der Waals surface area contributed by atoms with Gasteiger partial charge in [0.15, 0.2) is 5.82 Å². The summed E-state index contributed by atoms with van der Waals surface area (Å²) in [6.07, 6.45) is -0.150. The number of aliphatic hydroxyl groups excluding tert-OH is 1. The first kappa shape index (κ1) is 13.6. The quantitative estimate of drug-likeness (QED) is 0.792. The maximum absolute atomic E-state index is 10.2. The zero-order valence-corrected chi connectivity index (χ0v) is 11.2. The number of nitrogens with zero attached hydrogens (tertiary/aromatic N) is 4. The van der Waals surface area contributed by atoms with Crippen molar-refractivity contribution in [3.8, 4) is 0 Å². The molecule has 19 heavy (non-hydrogen) atoms. The second-order valence-electron chi connectivity index (χ2n) is 4.77. The minimum atomic E-state index is -0.608. The van der Waals surface area contributed by atoms with Crippen molar-refractivity contribution in [2.24, 2.45) is 12.8 Å². The average Bonchev–Trinajstić information content (AvgIpc) is 2.82. The van der Waals surface area contributed by atoms with E-state index in [0.29, 0.717) is 18.8 Å². The van der Waals surface area contributed by atoms with Crippen LogP contribution in [0.2, 0.25) is 0 Å². The van der Waals surface area contributed by atoms with Crippen molar-refractivity contribution in [1.29, 1.82) is 0 Å². The first-order chi connectivity index (χ1) is 9.08. The van der Waals surface area contributed by atoms with Gasteiger partial charge in [0.25, 0.3) is 0 Å². The molecular formula is C13H19N5O. The van der Waals surface area contributed by atoms with Crippen LogP contribution < -0.4 is 5.73 Å². The number of benzene rings is 1. The second-order valence-corrected chi connectivity index (χ2v) is 4.77. The molecule has 102 valence electrons. The largest absolute Gasteiger partial charge is 0.392 e. The van der Waals surface area contributed by atoms with Crippen LogP contribution in [0.3, 0.4) is 0 Å². The molecule has 0 aliphatic carbocycles. The average molecular weight is 261 g/mol. The third-order valence-corrected chi connectivity index (χ3v) is 3.54. The standard InChI is InChI=1S/C13H19N5O/c1-10(19)13(9-14,11-6-4-3-5-7-11)8-12-15-17-18(2)16-12/h3-7,10,19H,8-9,14H2,1-2H3. The van der Waals surface area contributed by atoms with E-state index < -0.39 is 11.5 Å². The highest BCUT2D eigenvalue weighted by atomic mass is 16.3. The Bertz CT molecular complexity index is 525. The molecule has 6 heteroatoms. The number of aliphatic hydroxyl groups is 1. The maximum Gasteiger partial charge on any atom is 0.175 e. The summed E-state index contributed by atoms with van der Waals surface area (Å²) in [4.78, 5) is 1.41. The summed E-state index contributed by atoms with van der Waals surface area (Å²) in [7, 11) is 1.71. The van der Waals surface area contributed by atoms with E-state index >= 15 is 0 Å². The van der Waals surface area contributed by atoms with Gasteiger partial charge in [-0.1, -0.05) is 30.3 Å². The molecule has 0 saturated carbocycles. The minimum Gasteiger partial charge on any atom is -0.392 e. The summed E-state index contributed by atoms with van der Waals surface area (Å²) < 4.78 is 0. The van der Waals surface area contributed by atoms with Crippen LogP contribution in [-0.2, 0) is 18.9 Å². The summed E-state index contributed by atoms with van der Waals surface area (Å²) in [5.41, 5.74) is 6.35. The highest BCUT2D eigenvalue weighted by molar-refractivity contribution is 5.29. The molecule has 1 aromatic carbocycles. The molecule has 1 heterocycles. The van der Waals surface area contributed by atoms with Crippen LogP contribution in [0, 0.1) is 0 Å². The number of nitrogens with two attached hydrogens (primary N) is 1. The van der Waals surface area contributed by atoms with Crippen LogP contribution in [0.25, 0.3) is 0 Å². The molecule has 0 amide bonds. The van der Waals surface area contributed by atoms with Gasteiger partial charge in [-0.3, -0.25) is 0 Å². The lowest BCUT2D eigenvalue weighted by Crippen LogP contribution is -2.46. The van der Waals surface area contributed by atoms with Gasteiger partial charge in [0.05, 0.1) is 13.2 Å². The fourth-order valence-corrected chi connectivity index (χ4v) is 2.30. The fraction of sp³-hybridized carbons (Fsp3) is 0.462. The van der Waals surface area contributed by atoms with E-state index in [0.717, 1.165) is 5.56 Å². The predicted octanol–water partition coefficient (Wildman–Crippen LogP) is 0.0301. The molecule has 6 nitrogen and oxygen atoms in total. The van der Waals surface area contributed by atoms with Crippen molar-refractivity contribution in [3.05, 3.63) is 41.7 Å². The maximum atomic E-state index is 10.2. The van der Waals surface area contributed by atoms with Crippen molar-refractivity contribution in [3.63, 3.8) is 0 Å². The number of rotatable bonds is 5.